The number of aromatic nitrogens is 2. The molecule has 0 bridgehead atoms. The van der Waals surface area contributed by atoms with Crippen molar-refractivity contribution in [3.8, 4) is 28.5 Å². The summed E-state index contributed by atoms with van der Waals surface area (Å²) in [6.07, 6.45) is 6.29. The third-order valence-electron chi connectivity index (χ3n) is 7.36. The van der Waals surface area contributed by atoms with Crippen molar-refractivity contribution in [2.45, 2.75) is 38.0 Å². The van der Waals surface area contributed by atoms with Crippen LogP contribution in [0, 0.1) is 5.92 Å². The molecule has 1 aromatic carbocycles. The lowest BCUT2D eigenvalue weighted by molar-refractivity contribution is -0.0584. The molecule has 2 aromatic heterocycles. The van der Waals surface area contributed by atoms with E-state index in [1.165, 1.54) is 13.2 Å². The monoisotopic (exact) mass is 528 g/mol. The fraction of sp³-hybridized carbons (Fsp3) is 0.481. The molecule has 2 saturated heterocycles. The van der Waals surface area contributed by atoms with Gasteiger partial charge in [0, 0.05) is 36.3 Å². The Morgan fingerprint density at radius 2 is 2.03 bits per heavy atom. The van der Waals surface area contributed by atoms with Crippen molar-refractivity contribution in [1.29, 1.82) is 0 Å². The van der Waals surface area contributed by atoms with Crippen molar-refractivity contribution in [2.24, 2.45) is 5.92 Å². The van der Waals surface area contributed by atoms with E-state index in [0.29, 0.717) is 41.2 Å². The van der Waals surface area contributed by atoms with Crippen molar-refractivity contribution < 1.29 is 32.5 Å². The van der Waals surface area contributed by atoms with Crippen LogP contribution in [0.1, 0.15) is 29.6 Å². The molecule has 6 rings (SSSR count). The summed E-state index contributed by atoms with van der Waals surface area (Å²) in [5.41, 5.74) is 1.74. The highest BCUT2D eigenvalue weighted by Gasteiger charge is 2.33. The summed E-state index contributed by atoms with van der Waals surface area (Å²) in [6.45, 7) is 1.27. The summed E-state index contributed by atoms with van der Waals surface area (Å²) >= 11 is 0. The van der Waals surface area contributed by atoms with E-state index >= 15 is 0 Å². The predicted molar refractivity (Wildman–Crippen MR) is 134 cm³/mol. The van der Waals surface area contributed by atoms with Crippen LogP contribution in [0.5, 0.6) is 17.2 Å². The van der Waals surface area contributed by atoms with Crippen LogP contribution in [-0.4, -0.2) is 78.9 Å². The van der Waals surface area contributed by atoms with E-state index in [1.54, 1.807) is 12.3 Å². The number of halogens is 2. The summed E-state index contributed by atoms with van der Waals surface area (Å²) < 4.78 is 50.0. The Morgan fingerprint density at radius 3 is 2.74 bits per heavy atom. The molecule has 0 spiro atoms. The molecule has 1 aliphatic carbocycles. The summed E-state index contributed by atoms with van der Waals surface area (Å²) in [5.74, 6) is 0.578. The average Bonchev–Trinajstić information content (AvgIpc) is 3.39. The van der Waals surface area contributed by atoms with Gasteiger partial charge in [0.2, 0.25) is 0 Å². The van der Waals surface area contributed by atoms with Crippen LogP contribution in [-0.2, 0) is 4.74 Å². The molecular formula is C27H30F2N4O5. The number of ether oxygens (including phenoxy) is 4. The zero-order valence-electron chi connectivity index (χ0n) is 21.1. The van der Waals surface area contributed by atoms with Crippen molar-refractivity contribution in [2.75, 3.05) is 40.0 Å². The Labute approximate surface area is 218 Å². The number of amides is 1. The SMILES string of the molecule is COc1cc(-c2cnc3cc(OC[C@@H]4CCN(C5COC5)C4)ccn23)cc(OC(F)F)c1C(=O)NC1CC1. The number of nitrogens with zero attached hydrogens (tertiary/aromatic N) is 3. The molecule has 4 heterocycles. The standard InChI is InChI=1S/C27H30F2N4O5/c1-35-22-8-17(9-23(38-27(28)29)25(22)26(34)31-18-2-3-18)21-11-30-24-10-20(5-7-33(21)24)37-13-16-4-6-32(12-16)19-14-36-15-19/h5,7-11,16,18-19,27H,2-4,6,12-15H2,1H3,(H,31,34)/t16-/m1/s1. The lowest BCUT2D eigenvalue weighted by Crippen LogP contribution is -2.48. The van der Waals surface area contributed by atoms with Gasteiger partial charge in [0.05, 0.1) is 44.9 Å². The molecule has 3 aromatic rings. The maximum Gasteiger partial charge on any atom is 0.387 e. The maximum atomic E-state index is 13.3. The Bertz CT molecular complexity index is 1320. The van der Waals surface area contributed by atoms with Gasteiger partial charge in [-0.3, -0.25) is 14.1 Å². The molecule has 0 radical (unpaired) electrons. The third-order valence-corrected chi connectivity index (χ3v) is 7.36. The van der Waals surface area contributed by atoms with Crippen LogP contribution in [0.4, 0.5) is 8.78 Å². The van der Waals surface area contributed by atoms with Crippen molar-refractivity contribution in [3.05, 3.63) is 42.2 Å². The molecule has 1 atom stereocenters. The Hall–Kier alpha value is -3.44. The largest absolute Gasteiger partial charge is 0.496 e. The van der Waals surface area contributed by atoms with E-state index in [2.05, 4.69) is 15.2 Å². The van der Waals surface area contributed by atoms with E-state index in [0.717, 1.165) is 45.6 Å². The first-order valence-corrected chi connectivity index (χ1v) is 12.9. The minimum atomic E-state index is -3.10. The number of rotatable bonds is 10. The zero-order valence-corrected chi connectivity index (χ0v) is 21.1. The number of alkyl halides is 2. The number of methoxy groups -OCH3 is 1. The molecule has 1 N–H and O–H groups in total. The number of hydrogen-bond donors (Lipinski definition) is 1. The maximum absolute atomic E-state index is 13.3. The average molecular weight is 529 g/mol. The predicted octanol–water partition coefficient (Wildman–Crippen LogP) is 3.60. The summed E-state index contributed by atoms with van der Waals surface area (Å²) in [5, 5.41) is 2.81. The zero-order chi connectivity index (χ0) is 26.2. The number of likely N-dealkylation sites (tertiary alicyclic amines) is 1. The van der Waals surface area contributed by atoms with Gasteiger partial charge in [0.15, 0.2) is 0 Å². The van der Waals surface area contributed by atoms with Gasteiger partial charge < -0.3 is 24.3 Å². The van der Waals surface area contributed by atoms with Crippen LogP contribution >= 0.6 is 0 Å². The second-order valence-electron chi connectivity index (χ2n) is 10.1. The van der Waals surface area contributed by atoms with Crippen LogP contribution < -0.4 is 19.5 Å². The topological polar surface area (TPSA) is 86.6 Å². The minimum absolute atomic E-state index is 0.0476. The van der Waals surface area contributed by atoms with Gasteiger partial charge in [0.1, 0.15) is 28.5 Å². The molecule has 1 saturated carbocycles. The van der Waals surface area contributed by atoms with Gasteiger partial charge in [0.25, 0.3) is 5.91 Å². The van der Waals surface area contributed by atoms with E-state index in [4.69, 9.17) is 18.9 Å². The van der Waals surface area contributed by atoms with Gasteiger partial charge >= 0.3 is 6.61 Å². The molecule has 3 fully saturated rings. The minimum Gasteiger partial charge on any atom is -0.496 e. The van der Waals surface area contributed by atoms with E-state index in [9.17, 15) is 13.6 Å². The first-order valence-electron chi connectivity index (χ1n) is 12.9. The number of nitrogens with one attached hydrogen (secondary N) is 1. The highest BCUT2D eigenvalue weighted by atomic mass is 19.3. The fourth-order valence-electron chi connectivity index (χ4n) is 5.04. The molecule has 9 nitrogen and oxygen atoms in total. The highest BCUT2D eigenvalue weighted by molar-refractivity contribution is 6.01. The van der Waals surface area contributed by atoms with E-state index in [1.807, 2.05) is 22.7 Å². The molecule has 1 amide bonds. The van der Waals surface area contributed by atoms with Crippen molar-refractivity contribution in [1.82, 2.24) is 19.6 Å². The second-order valence-corrected chi connectivity index (χ2v) is 10.1. The summed E-state index contributed by atoms with van der Waals surface area (Å²) in [6, 6.07) is 7.35. The number of pyridine rings is 1. The second kappa shape index (κ2) is 10.4. The molecule has 11 heteroatoms. The quantitative estimate of drug-likeness (QED) is 0.430. The molecular weight excluding hydrogens is 498 g/mol. The summed E-state index contributed by atoms with van der Waals surface area (Å²) in [7, 11) is 1.39. The van der Waals surface area contributed by atoms with Gasteiger partial charge in [-0.25, -0.2) is 4.98 Å². The van der Waals surface area contributed by atoms with E-state index in [-0.39, 0.29) is 23.1 Å². The number of imidazole rings is 1. The number of carbonyl (C=O) groups is 1. The highest BCUT2D eigenvalue weighted by Crippen LogP contribution is 2.37. The molecule has 3 aliphatic rings. The number of hydrogen-bond acceptors (Lipinski definition) is 7. The lowest BCUT2D eigenvalue weighted by Gasteiger charge is -2.34. The molecule has 38 heavy (non-hydrogen) atoms. The van der Waals surface area contributed by atoms with E-state index < -0.39 is 12.5 Å². The lowest BCUT2D eigenvalue weighted by atomic mass is 10.1. The van der Waals surface area contributed by atoms with Gasteiger partial charge in [-0.05, 0) is 44.0 Å². The normalized spacial score (nSPS) is 20.1. The first-order chi connectivity index (χ1) is 18.5. The van der Waals surface area contributed by atoms with Crippen LogP contribution in [0.15, 0.2) is 36.7 Å². The van der Waals surface area contributed by atoms with Crippen molar-refractivity contribution >= 4 is 11.6 Å². The number of carbonyl (C=O) groups excluding carboxylic acids is 1. The Morgan fingerprint density at radius 1 is 1.21 bits per heavy atom. The fourth-order valence-corrected chi connectivity index (χ4v) is 5.04. The van der Waals surface area contributed by atoms with Crippen LogP contribution in [0.2, 0.25) is 0 Å². The van der Waals surface area contributed by atoms with Gasteiger partial charge in [-0.1, -0.05) is 0 Å². The van der Waals surface area contributed by atoms with Crippen molar-refractivity contribution in [3.63, 3.8) is 0 Å². The first kappa shape index (κ1) is 24.9. The summed E-state index contributed by atoms with van der Waals surface area (Å²) in [4.78, 5) is 19.8. The van der Waals surface area contributed by atoms with Crippen LogP contribution in [0.3, 0.4) is 0 Å². The Kier molecular flexibility index (Phi) is 6.79. The number of benzene rings is 1. The van der Waals surface area contributed by atoms with Gasteiger partial charge in [-0.15, -0.1) is 0 Å². The molecule has 202 valence electrons. The third kappa shape index (κ3) is 5.12. The number of fused-ring (bicyclic) bond motifs is 1. The molecule has 0 unspecified atom stereocenters. The Balaban J connectivity index is 1.22. The molecule has 2 aliphatic heterocycles. The van der Waals surface area contributed by atoms with Gasteiger partial charge in [-0.2, -0.15) is 8.78 Å². The smallest absolute Gasteiger partial charge is 0.387 e. The van der Waals surface area contributed by atoms with Crippen LogP contribution in [0.25, 0.3) is 16.9 Å².